The van der Waals surface area contributed by atoms with Crippen molar-refractivity contribution >= 4 is 23.2 Å². The molecule has 2 N–H and O–H groups in total. The fraction of sp³-hybridized carbons (Fsp3) is 0.467. The fourth-order valence-electron chi connectivity index (χ4n) is 2.74. The standard InChI is InChI=1S/C15H18Cl2N4O/c1-9-19-14(21-20-9)7-11-8-18-4-5-22-15(11)10-2-3-12(16)13(17)6-10/h2-3,6,11,15,18H,4-5,7-8H2,1H3,(H,19,20,21)/t11-,15+/m1/s1. The summed E-state index contributed by atoms with van der Waals surface area (Å²) in [6.07, 6.45) is 0.686. The van der Waals surface area contributed by atoms with Crippen LogP contribution in [-0.2, 0) is 11.2 Å². The largest absolute Gasteiger partial charge is 0.372 e. The first kappa shape index (κ1) is 15.7. The molecule has 3 rings (SSSR count). The van der Waals surface area contributed by atoms with Gasteiger partial charge in [-0.25, -0.2) is 4.98 Å². The highest BCUT2D eigenvalue weighted by molar-refractivity contribution is 6.42. The SMILES string of the molecule is Cc1nc(C[C@@H]2CNCCO[C@H]2c2ccc(Cl)c(Cl)c2)n[nH]1. The zero-order valence-electron chi connectivity index (χ0n) is 12.3. The zero-order chi connectivity index (χ0) is 15.5. The maximum Gasteiger partial charge on any atom is 0.151 e. The van der Waals surface area contributed by atoms with Crippen molar-refractivity contribution in [1.82, 2.24) is 20.5 Å². The van der Waals surface area contributed by atoms with Crippen LogP contribution in [0.2, 0.25) is 10.0 Å². The number of aromatic nitrogens is 3. The lowest BCUT2D eigenvalue weighted by Gasteiger charge is -2.24. The molecule has 7 heteroatoms. The van der Waals surface area contributed by atoms with Gasteiger partial charge in [0.15, 0.2) is 5.82 Å². The summed E-state index contributed by atoms with van der Waals surface area (Å²) in [5.41, 5.74) is 1.04. The van der Waals surface area contributed by atoms with Crippen molar-refractivity contribution in [2.75, 3.05) is 19.7 Å². The summed E-state index contributed by atoms with van der Waals surface area (Å²) >= 11 is 12.2. The fourth-order valence-corrected chi connectivity index (χ4v) is 3.05. The Morgan fingerprint density at radius 2 is 2.18 bits per heavy atom. The molecule has 118 valence electrons. The number of nitrogens with one attached hydrogen (secondary N) is 2. The highest BCUT2D eigenvalue weighted by Crippen LogP contribution is 2.33. The van der Waals surface area contributed by atoms with E-state index in [-0.39, 0.29) is 12.0 Å². The van der Waals surface area contributed by atoms with Crippen molar-refractivity contribution in [3.05, 3.63) is 45.5 Å². The Bertz CT molecular complexity index is 646. The van der Waals surface area contributed by atoms with Crippen molar-refractivity contribution in [2.24, 2.45) is 5.92 Å². The quantitative estimate of drug-likeness (QED) is 0.901. The Balaban J connectivity index is 1.85. The molecule has 0 amide bonds. The van der Waals surface area contributed by atoms with E-state index in [0.717, 1.165) is 36.7 Å². The third-order valence-corrected chi connectivity index (χ3v) is 4.51. The van der Waals surface area contributed by atoms with Crippen LogP contribution < -0.4 is 5.32 Å². The molecule has 22 heavy (non-hydrogen) atoms. The second-order valence-corrected chi connectivity index (χ2v) is 6.28. The summed E-state index contributed by atoms with van der Waals surface area (Å²) in [6.45, 7) is 4.24. The van der Waals surface area contributed by atoms with Crippen LogP contribution in [0.1, 0.15) is 23.3 Å². The number of nitrogens with zero attached hydrogens (tertiary/aromatic N) is 2. The molecule has 1 saturated heterocycles. The summed E-state index contributed by atoms with van der Waals surface area (Å²) in [6, 6.07) is 5.67. The number of hydrogen-bond donors (Lipinski definition) is 2. The highest BCUT2D eigenvalue weighted by Gasteiger charge is 2.28. The van der Waals surface area contributed by atoms with Gasteiger partial charge in [-0.05, 0) is 24.6 Å². The number of benzene rings is 1. The first-order chi connectivity index (χ1) is 10.6. The number of aromatic amines is 1. The second-order valence-electron chi connectivity index (χ2n) is 5.47. The minimum absolute atomic E-state index is 0.0522. The molecule has 0 spiro atoms. The first-order valence-electron chi connectivity index (χ1n) is 7.28. The van der Waals surface area contributed by atoms with Gasteiger partial charge in [0.25, 0.3) is 0 Å². The molecule has 1 aliphatic heterocycles. The van der Waals surface area contributed by atoms with Gasteiger partial charge in [0, 0.05) is 25.4 Å². The van der Waals surface area contributed by atoms with E-state index in [2.05, 4.69) is 20.5 Å². The van der Waals surface area contributed by atoms with Gasteiger partial charge in [-0.1, -0.05) is 29.3 Å². The van der Waals surface area contributed by atoms with Crippen LogP contribution in [-0.4, -0.2) is 34.9 Å². The number of halogens is 2. The number of hydrogen-bond acceptors (Lipinski definition) is 4. The van der Waals surface area contributed by atoms with E-state index in [4.69, 9.17) is 27.9 Å². The van der Waals surface area contributed by atoms with Gasteiger partial charge >= 0.3 is 0 Å². The number of ether oxygens (including phenoxy) is 1. The maximum absolute atomic E-state index is 6.15. The Kier molecular flexibility index (Phi) is 4.98. The van der Waals surface area contributed by atoms with Crippen LogP contribution in [0.5, 0.6) is 0 Å². The zero-order valence-corrected chi connectivity index (χ0v) is 13.8. The van der Waals surface area contributed by atoms with Gasteiger partial charge < -0.3 is 10.1 Å². The average Bonchev–Trinajstić information content (AvgIpc) is 2.76. The minimum Gasteiger partial charge on any atom is -0.372 e. The molecule has 0 unspecified atom stereocenters. The lowest BCUT2D eigenvalue weighted by molar-refractivity contribution is 0.0301. The smallest absolute Gasteiger partial charge is 0.151 e. The van der Waals surface area contributed by atoms with Crippen LogP contribution in [0.25, 0.3) is 0 Å². The van der Waals surface area contributed by atoms with Gasteiger partial charge in [-0.15, -0.1) is 0 Å². The van der Waals surface area contributed by atoms with Crippen LogP contribution in [0.4, 0.5) is 0 Å². The van der Waals surface area contributed by atoms with E-state index in [0.29, 0.717) is 16.7 Å². The Morgan fingerprint density at radius 1 is 1.32 bits per heavy atom. The lowest BCUT2D eigenvalue weighted by Crippen LogP contribution is -2.26. The van der Waals surface area contributed by atoms with Crippen molar-refractivity contribution in [1.29, 1.82) is 0 Å². The molecule has 1 aromatic carbocycles. The number of rotatable bonds is 3. The van der Waals surface area contributed by atoms with Gasteiger partial charge in [0.2, 0.25) is 0 Å². The predicted molar refractivity (Wildman–Crippen MR) is 86.3 cm³/mol. The van der Waals surface area contributed by atoms with Gasteiger partial charge in [0.1, 0.15) is 5.82 Å². The number of H-pyrrole nitrogens is 1. The van der Waals surface area contributed by atoms with Crippen LogP contribution in [0.3, 0.4) is 0 Å². The van der Waals surface area contributed by atoms with E-state index < -0.39 is 0 Å². The minimum atomic E-state index is -0.0522. The summed E-state index contributed by atoms with van der Waals surface area (Å²) in [5, 5.41) is 11.6. The van der Waals surface area contributed by atoms with Crippen molar-refractivity contribution < 1.29 is 4.74 Å². The Morgan fingerprint density at radius 3 is 2.91 bits per heavy atom. The highest BCUT2D eigenvalue weighted by atomic mass is 35.5. The van der Waals surface area contributed by atoms with E-state index in [9.17, 15) is 0 Å². The van der Waals surface area contributed by atoms with Crippen molar-refractivity contribution in [3.63, 3.8) is 0 Å². The lowest BCUT2D eigenvalue weighted by atomic mass is 9.92. The molecule has 0 saturated carbocycles. The van der Waals surface area contributed by atoms with E-state index in [1.54, 1.807) is 0 Å². The van der Waals surface area contributed by atoms with E-state index in [1.165, 1.54) is 0 Å². The third-order valence-electron chi connectivity index (χ3n) is 3.77. The monoisotopic (exact) mass is 340 g/mol. The molecule has 0 radical (unpaired) electrons. The van der Waals surface area contributed by atoms with Crippen molar-refractivity contribution in [3.8, 4) is 0 Å². The summed E-state index contributed by atoms with van der Waals surface area (Å²) < 4.78 is 6.05. The molecule has 0 bridgehead atoms. The topological polar surface area (TPSA) is 62.8 Å². The molecule has 2 heterocycles. The predicted octanol–water partition coefficient (Wildman–Crippen LogP) is 2.94. The third kappa shape index (κ3) is 3.60. The molecule has 1 aromatic heterocycles. The second kappa shape index (κ2) is 6.96. The van der Waals surface area contributed by atoms with Gasteiger partial charge in [-0.3, -0.25) is 5.10 Å². The normalized spacial score (nSPS) is 22.5. The van der Waals surface area contributed by atoms with Gasteiger partial charge in [-0.2, -0.15) is 5.10 Å². The molecule has 0 aliphatic carbocycles. The van der Waals surface area contributed by atoms with Crippen LogP contribution >= 0.6 is 23.2 Å². The van der Waals surface area contributed by atoms with Gasteiger partial charge in [0.05, 0.1) is 22.8 Å². The molecular formula is C15H18Cl2N4O. The van der Waals surface area contributed by atoms with E-state index >= 15 is 0 Å². The maximum atomic E-state index is 6.15. The first-order valence-corrected chi connectivity index (χ1v) is 8.04. The molecular weight excluding hydrogens is 323 g/mol. The summed E-state index contributed by atoms with van der Waals surface area (Å²) in [7, 11) is 0. The Hall–Kier alpha value is -1.14. The molecule has 2 aromatic rings. The molecule has 1 fully saturated rings. The van der Waals surface area contributed by atoms with Crippen LogP contribution in [0, 0.1) is 12.8 Å². The number of aryl methyl sites for hydroxylation is 1. The average molecular weight is 341 g/mol. The molecule has 2 atom stereocenters. The summed E-state index contributed by atoms with van der Waals surface area (Å²) in [5.74, 6) is 1.86. The molecule has 5 nitrogen and oxygen atoms in total. The van der Waals surface area contributed by atoms with Crippen molar-refractivity contribution in [2.45, 2.75) is 19.4 Å². The summed E-state index contributed by atoms with van der Waals surface area (Å²) in [4.78, 5) is 4.40. The van der Waals surface area contributed by atoms with Crippen LogP contribution in [0.15, 0.2) is 18.2 Å². The Labute approximate surface area is 139 Å². The molecule has 1 aliphatic rings. The van der Waals surface area contributed by atoms with E-state index in [1.807, 2.05) is 25.1 Å².